The Kier molecular flexibility index (Phi) is 22.8. The molecule has 0 radical (unpaired) electrons. The van der Waals surface area contributed by atoms with E-state index in [0.717, 1.165) is 16.7 Å². The Morgan fingerprint density at radius 2 is 0.821 bits per heavy atom. The first-order chi connectivity index (χ1) is 31.6. The van der Waals surface area contributed by atoms with Gasteiger partial charge in [-0.1, -0.05) is 68.8 Å². The molecule has 4 rings (SSSR count). The van der Waals surface area contributed by atoms with Crippen LogP contribution >= 0.6 is 0 Å². The highest BCUT2D eigenvalue weighted by Gasteiger charge is 2.15. The van der Waals surface area contributed by atoms with Crippen molar-refractivity contribution in [3.63, 3.8) is 0 Å². The van der Waals surface area contributed by atoms with Gasteiger partial charge in [-0.05, 0) is 114 Å². The standard InChI is InChI=1S/C28H30O8.C21H18O6.C4H8/c1-18(2)26(29)34-15-13-32-23-11-12-24(25(17-23)33-14-16-35-27(30)19(3)4)21-7-9-22(10-8-21)36-28(31)20(5)6;1-13(2)20(23)26-17-8-5-15(6-9-17)16-7-10-18(19(11-16)25-12-22)27-21(24)14(3)4;1-4(2)3/h7-12,17H,1,3,5,13-16H2,2,4,6H3;5-12H,1,3H2,2,4H3;1H2,2-3H3. The molecule has 0 aliphatic carbocycles. The molecule has 0 aliphatic heterocycles. The van der Waals surface area contributed by atoms with Crippen LogP contribution in [-0.2, 0) is 38.2 Å². The molecule has 4 aromatic rings. The van der Waals surface area contributed by atoms with E-state index >= 15 is 0 Å². The van der Waals surface area contributed by atoms with Crippen molar-refractivity contribution in [2.75, 3.05) is 26.4 Å². The van der Waals surface area contributed by atoms with Gasteiger partial charge in [-0.3, -0.25) is 4.79 Å². The van der Waals surface area contributed by atoms with Gasteiger partial charge >= 0.3 is 29.8 Å². The number of rotatable bonds is 20. The lowest BCUT2D eigenvalue weighted by molar-refractivity contribution is -0.140. The van der Waals surface area contributed by atoms with E-state index < -0.39 is 29.8 Å². The van der Waals surface area contributed by atoms with Gasteiger partial charge in [-0.25, -0.2) is 24.0 Å². The maximum atomic E-state index is 11.7. The van der Waals surface area contributed by atoms with Crippen molar-refractivity contribution in [1.82, 2.24) is 0 Å². The van der Waals surface area contributed by atoms with Gasteiger partial charge in [0.05, 0.1) is 0 Å². The van der Waals surface area contributed by atoms with Gasteiger partial charge in [0, 0.05) is 39.5 Å². The predicted octanol–water partition coefficient (Wildman–Crippen LogP) is 10.3. The first-order valence-electron chi connectivity index (χ1n) is 20.4. The minimum atomic E-state index is -0.623. The van der Waals surface area contributed by atoms with Gasteiger partial charge in [-0.15, -0.1) is 6.58 Å². The number of ether oxygens (including phenoxy) is 8. The Morgan fingerprint density at radius 1 is 0.418 bits per heavy atom. The van der Waals surface area contributed by atoms with E-state index in [1.807, 2.05) is 13.8 Å². The average Bonchev–Trinajstić information content (AvgIpc) is 3.27. The quantitative estimate of drug-likeness (QED) is 0.0204. The summed E-state index contributed by atoms with van der Waals surface area (Å²) in [5.74, 6) is -0.703. The number of esters is 5. The number of benzene rings is 4. The third-order valence-electron chi connectivity index (χ3n) is 7.95. The molecule has 67 heavy (non-hydrogen) atoms. The predicted molar refractivity (Wildman–Crippen MR) is 255 cm³/mol. The molecule has 0 fully saturated rings. The molecule has 0 amide bonds. The second kappa shape index (κ2) is 27.8. The number of carbonyl (C=O) groups excluding carboxylic acids is 6. The van der Waals surface area contributed by atoms with Crippen LogP contribution in [0, 0.1) is 0 Å². The van der Waals surface area contributed by atoms with Crippen LogP contribution in [0.3, 0.4) is 0 Å². The van der Waals surface area contributed by atoms with Crippen LogP contribution in [0.4, 0.5) is 0 Å². The highest BCUT2D eigenvalue weighted by Crippen LogP contribution is 2.36. The van der Waals surface area contributed by atoms with Crippen LogP contribution < -0.4 is 28.4 Å². The Balaban J connectivity index is 0.000000440. The monoisotopic (exact) mass is 916 g/mol. The summed E-state index contributed by atoms with van der Waals surface area (Å²) in [6.45, 7) is 33.5. The highest BCUT2D eigenvalue weighted by molar-refractivity contribution is 5.90. The fourth-order valence-corrected chi connectivity index (χ4v) is 4.69. The Hall–Kier alpha value is -8.26. The van der Waals surface area contributed by atoms with Crippen LogP contribution in [0.2, 0.25) is 0 Å². The van der Waals surface area contributed by atoms with Gasteiger partial charge in [0.15, 0.2) is 11.5 Å². The SMILES string of the molecule is C=C(C)C.C=C(C)C(=O)OCCOc1ccc(-c2ccc(OC(=O)C(=C)C)cc2)c(OCCOC(=O)C(=C)C)c1.C=C(C)C(=O)Oc1ccc(-c2ccc(OC(=O)C(=C)C)c(OC=O)c2)cc1. The third kappa shape index (κ3) is 20.0. The average molecular weight is 917 g/mol. The van der Waals surface area contributed by atoms with E-state index in [2.05, 4.69) is 39.5 Å². The minimum absolute atomic E-state index is 0.0306. The molecule has 14 heteroatoms. The molecule has 0 aliphatic rings. The van der Waals surface area contributed by atoms with E-state index in [4.69, 9.17) is 37.9 Å². The zero-order valence-electron chi connectivity index (χ0n) is 38.9. The first kappa shape index (κ1) is 54.9. The van der Waals surface area contributed by atoms with Crippen LogP contribution in [0.1, 0.15) is 48.5 Å². The molecule has 0 spiro atoms. The number of hydrogen-bond acceptors (Lipinski definition) is 14. The topological polar surface area (TPSA) is 176 Å². The normalized spacial score (nSPS) is 9.78. The molecule has 0 aromatic heterocycles. The fourth-order valence-electron chi connectivity index (χ4n) is 4.69. The lowest BCUT2D eigenvalue weighted by Crippen LogP contribution is -2.13. The molecular weight excluding hydrogens is 861 g/mol. The van der Waals surface area contributed by atoms with Gasteiger partial charge in [0.25, 0.3) is 6.47 Å². The van der Waals surface area contributed by atoms with Crippen LogP contribution in [0.25, 0.3) is 22.3 Å². The lowest BCUT2D eigenvalue weighted by Gasteiger charge is -2.15. The van der Waals surface area contributed by atoms with E-state index in [-0.39, 0.29) is 50.0 Å². The van der Waals surface area contributed by atoms with Crippen molar-refractivity contribution in [3.05, 3.63) is 158 Å². The summed E-state index contributed by atoms with van der Waals surface area (Å²) in [6.07, 6.45) is 0. The second-order valence-corrected chi connectivity index (χ2v) is 14.8. The Labute approximate surface area is 391 Å². The smallest absolute Gasteiger partial charge is 0.338 e. The van der Waals surface area contributed by atoms with Crippen molar-refractivity contribution >= 4 is 36.3 Å². The molecular formula is C53H56O14. The summed E-state index contributed by atoms with van der Waals surface area (Å²) >= 11 is 0. The summed E-state index contributed by atoms with van der Waals surface area (Å²) in [5.41, 5.74) is 5.60. The van der Waals surface area contributed by atoms with E-state index in [1.165, 1.54) is 18.6 Å². The lowest BCUT2D eigenvalue weighted by atomic mass is 10.0. The maximum Gasteiger partial charge on any atom is 0.338 e. The molecule has 0 heterocycles. The maximum absolute atomic E-state index is 11.7. The molecule has 352 valence electrons. The number of allylic oxidation sites excluding steroid dienone is 1. The Morgan fingerprint density at radius 3 is 1.27 bits per heavy atom. The summed E-state index contributed by atoms with van der Waals surface area (Å²) in [6, 6.07) is 23.6. The number of carbonyl (C=O) groups is 6. The molecule has 0 unspecified atom stereocenters. The molecule has 14 nitrogen and oxygen atoms in total. The van der Waals surface area contributed by atoms with Crippen LogP contribution in [0.5, 0.6) is 34.5 Å². The van der Waals surface area contributed by atoms with Crippen molar-refractivity contribution in [2.24, 2.45) is 0 Å². The number of hydrogen-bond donors (Lipinski definition) is 0. The van der Waals surface area contributed by atoms with Gasteiger partial charge in [0.1, 0.15) is 49.4 Å². The van der Waals surface area contributed by atoms with Crippen molar-refractivity contribution < 1.29 is 66.7 Å². The Bertz CT molecular complexity index is 2490. The zero-order valence-corrected chi connectivity index (χ0v) is 38.9. The summed E-state index contributed by atoms with van der Waals surface area (Å²) in [7, 11) is 0. The molecule has 0 bridgehead atoms. The van der Waals surface area contributed by atoms with E-state index in [1.54, 1.807) is 107 Å². The van der Waals surface area contributed by atoms with Gasteiger partial charge in [0.2, 0.25) is 0 Å². The molecule has 4 aromatic carbocycles. The molecule has 0 N–H and O–H groups in total. The van der Waals surface area contributed by atoms with Gasteiger partial charge < -0.3 is 37.9 Å². The van der Waals surface area contributed by atoms with Crippen LogP contribution in [0.15, 0.2) is 158 Å². The van der Waals surface area contributed by atoms with Crippen molar-refractivity contribution in [2.45, 2.75) is 48.5 Å². The van der Waals surface area contributed by atoms with Crippen molar-refractivity contribution in [1.29, 1.82) is 0 Å². The summed E-state index contributed by atoms with van der Waals surface area (Å²) in [5, 5.41) is 0. The molecule has 0 atom stereocenters. The largest absolute Gasteiger partial charge is 0.490 e. The molecule has 0 saturated carbocycles. The second-order valence-electron chi connectivity index (χ2n) is 14.8. The minimum Gasteiger partial charge on any atom is -0.490 e. The van der Waals surface area contributed by atoms with Crippen LogP contribution in [-0.4, -0.2) is 62.7 Å². The first-order valence-corrected chi connectivity index (χ1v) is 20.4. The van der Waals surface area contributed by atoms with E-state index in [0.29, 0.717) is 50.9 Å². The summed E-state index contributed by atoms with van der Waals surface area (Å²) < 4.78 is 42.1. The zero-order chi connectivity index (χ0) is 50.2. The third-order valence-corrected chi connectivity index (χ3v) is 7.95. The van der Waals surface area contributed by atoms with Gasteiger partial charge in [-0.2, -0.15) is 0 Å². The van der Waals surface area contributed by atoms with Crippen molar-refractivity contribution in [3.8, 4) is 56.8 Å². The van der Waals surface area contributed by atoms with E-state index in [9.17, 15) is 28.8 Å². The fraction of sp³-hybridized carbons (Fsp3) is 0.208. The highest BCUT2D eigenvalue weighted by atomic mass is 16.6. The molecule has 0 saturated heterocycles. The summed E-state index contributed by atoms with van der Waals surface area (Å²) in [4.78, 5) is 68.8.